The molecule has 0 aliphatic heterocycles. The zero-order chi connectivity index (χ0) is 14.5. The minimum Gasteiger partial charge on any atom is -0.496 e. The third kappa shape index (κ3) is 3.35. The lowest BCUT2D eigenvalue weighted by atomic mass is 9.75. The van der Waals surface area contributed by atoms with Gasteiger partial charge in [0.15, 0.2) is 0 Å². The molecular formula is C18H29NO. The Bertz CT molecular complexity index is 429. The molecule has 0 aromatic heterocycles. The van der Waals surface area contributed by atoms with Crippen molar-refractivity contribution in [3.8, 4) is 5.75 Å². The molecule has 0 amide bonds. The molecule has 0 radical (unpaired) electrons. The van der Waals surface area contributed by atoms with Crippen LogP contribution >= 0.6 is 0 Å². The minimum absolute atomic E-state index is 0.416. The third-order valence-corrected chi connectivity index (χ3v) is 4.90. The van der Waals surface area contributed by atoms with Crippen molar-refractivity contribution in [2.45, 2.75) is 52.0 Å². The molecule has 1 saturated carbocycles. The lowest BCUT2D eigenvalue weighted by Crippen LogP contribution is -2.29. The van der Waals surface area contributed by atoms with E-state index in [0.29, 0.717) is 6.04 Å². The van der Waals surface area contributed by atoms with Crippen LogP contribution in [-0.2, 0) is 0 Å². The van der Waals surface area contributed by atoms with Crippen molar-refractivity contribution >= 4 is 0 Å². The normalized spacial score (nSPS) is 24.4. The van der Waals surface area contributed by atoms with Crippen LogP contribution in [-0.4, -0.2) is 14.2 Å². The van der Waals surface area contributed by atoms with Gasteiger partial charge in [-0.1, -0.05) is 43.9 Å². The largest absolute Gasteiger partial charge is 0.496 e. The Kier molecular flexibility index (Phi) is 5.47. The van der Waals surface area contributed by atoms with Crippen LogP contribution in [0.25, 0.3) is 0 Å². The van der Waals surface area contributed by atoms with Gasteiger partial charge in [-0.2, -0.15) is 0 Å². The Balaban J connectivity index is 2.25. The van der Waals surface area contributed by atoms with Gasteiger partial charge in [0, 0.05) is 11.6 Å². The average molecular weight is 275 g/mol. The van der Waals surface area contributed by atoms with Crippen molar-refractivity contribution < 1.29 is 4.74 Å². The van der Waals surface area contributed by atoms with E-state index in [9.17, 15) is 0 Å². The van der Waals surface area contributed by atoms with Gasteiger partial charge >= 0.3 is 0 Å². The van der Waals surface area contributed by atoms with E-state index in [1.807, 2.05) is 0 Å². The van der Waals surface area contributed by atoms with Gasteiger partial charge < -0.3 is 10.1 Å². The highest BCUT2D eigenvalue weighted by Gasteiger charge is 2.29. The first-order valence-electron chi connectivity index (χ1n) is 8.01. The van der Waals surface area contributed by atoms with Crippen LogP contribution in [0.2, 0.25) is 0 Å². The first kappa shape index (κ1) is 15.4. The van der Waals surface area contributed by atoms with Crippen LogP contribution in [0.4, 0.5) is 0 Å². The fourth-order valence-electron chi connectivity index (χ4n) is 3.75. The molecule has 1 aliphatic carbocycles. The van der Waals surface area contributed by atoms with Crippen LogP contribution < -0.4 is 10.1 Å². The van der Waals surface area contributed by atoms with Gasteiger partial charge in [-0.15, -0.1) is 0 Å². The Morgan fingerprint density at radius 3 is 2.80 bits per heavy atom. The van der Waals surface area contributed by atoms with E-state index in [-0.39, 0.29) is 0 Å². The van der Waals surface area contributed by atoms with Crippen LogP contribution in [0.3, 0.4) is 0 Å². The molecule has 0 heterocycles. The number of hydrogen-bond donors (Lipinski definition) is 1. The molecule has 1 fully saturated rings. The molecule has 1 N–H and O–H groups in total. The van der Waals surface area contributed by atoms with E-state index >= 15 is 0 Å². The summed E-state index contributed by atoms with van der Waals surface area (Å²) in [6, 6.07) is 6.94. The number of rotatable bonds is 5. The molecule has 0 saturated heterocycles. The fourth-order valence-corrected chi connectivity index (χ4v) is 3.75. The van der Waals surface area contributed by atoms with E-state index in [1.165, 1.54) is 43.2 Å². The first-order chi connectivity index (χ1) is 9.69. The van der Waals surface area contributed by atoms with E-state index in [1.54, 1.807) is 7.11 Å². The van der Waals surface area contributed by atoms with Crippen LogP contribution in [0.1, 0.15) is 56.2 Å². The number of methoxy groups -OCH3 is 1. The lowest BCUT2D eigenvalue weighted by Gasteiger charge is -2.35. The highest BCUT2D eigenvalue weighted by Crippen LogP contribution is 2.40. The van der Waals surface area contributed by atoms with Crippen LogP contribution in [0.5, 0.6) is 5.75 Å². The van der Waals surface area contributed by atoms with Crippen molar-refractivity contribution in [2.75, 3.05) is 14.2 Å². The molecule has 3 unspecified atom stereocenters. The maximum Gasteiger partial charge on any atom is 0.123 e. The second kappa shape index (κ2) is 7.12. The third-order valence-electron chi connectivity index (χ3n) is 4.90. The molecule has 2 nitrogen and oxygen atoms in total. The Hall–Kier alpha value is -1.02. The summed E-state index contributed by atoms with van der Waals surface area (Å²) in [5.74, 6) is 2.66. The molecular weight excluding hydrogens is 246 g/mol. The smallest absolute Gasteiger partial charge is 0.123 e. The zero-order valence-corrected chi connectivity index (χ0v) is 13.4. The number of hydrogen-bond acceptors (Lipinski definition) is 2. The molecule has 1 aromatic rings. The zero-order valence-electron chi connectivity index (χ0n) is 13.4. The second-order valence-corrected chi connectivity index (χ2v) is 6.21. The van der Waals surface area contributed by atoms with Gasteiger partial charge in [-0.3, -0.25) is 0 Å². The predicted octanol–water partition coefficient (Wildman–Crippen LogP) is 4.48. The van der Waals surface area contributed by atoms with E-state index in [2.05, 4.69) is 44.4 Å². The topological polar surface area (TPSA) is 21.3 Å². The molecule has 1 aliphatic rings. The summed E-state index contributed by atoms with van der Waals surface area (Å²) in [5.41, 5.74) is 2.64. The van der Waals surface area contributed by atoms with Gasteiger partial charge in [-0.25, -0.2) is 0 Å². The Morgan fingerprint density at radius 2 is 2.15 bits per heavy atom. The van der Waals surface area contributed by atoms with E-state index in [0.717, 1.165) is 17.6 Å². The SMILES string of the molecule is CCC1CCCC(C(NC)c2cc(C)ccc2OC)C1. The fraction of sp³-hybridized carbons (Fsp3) is 0.667. The quantitative estimate of drug-likeness (QED) is 0.855. The second-order valence-electron chi connectivity index (χ2n) is 6.21. The first-order valence-corrected chi connectivity index (χ1v) is 8.01. The van der Waals surface area contributed by atoms with Gasteiger partial charge in [0.1, 0.15) is 5.75 Å². The summed E-state index contributed by atoms with van der Waals surface area (Å²) >= 11 is 0. The van der Waals surface area contributed by atoms with Gasteiger partial charge in [0.2, 0.25) is 0 Å². The molecule has 20 heavy (non-hydrogen) atoms. The average Bonchev–Trinajstić information content (AvgIpc) is 2.48. The molecule has 0 spiro atoms. The van der Waals surface area contributed by atoms with Crippen molar-refractivity contribution in [3.05, 3.63) is 29.3 Å². The van der Waals surface area contributed by atoms with Crippen LogP contribution in [0, 0.1) is 18.8 Å². The summed E-state index contributed by atoms with van der Waals surface area (Å²) < 4.78 is 5.59. The highest BCUT2D eigenvalue weighted by molar-refractivity contribution is 5.39. The lowest BCUT2D eigenvalue weighted by molar-refractivity contribution is 0.212. The predicted molar refractivity (Wildman–Crippen MR) is 85.3 cm³/mol. The summed E-state index contributed by atoms with van der Waals surface area (Å²) in [4.78, 5) is 0. The van der Waals surface area contributed by atoms with Crippen molar-refractivity contribution in [1.82, 2.24) is 5.32 Å². The van der Waals surface area contributed by atoms with Crippen molar-refractivity contribution in [2.24, 2.45) is 11.8 Å². The summed E-state index contributed by atoms with van der Waals surface area (Å²) in [7, 11) is 3.86. The van der Waals surface area contributed by atoms with Gasteiger partial charge in [0.25, 0.3) is 0 Å². The number of ether oxygens (including phenoxy) is 1. The molecule has 2 heteroatoms. The Morgan fingerprint density at radius 1 is 1.35 bits per heavy atom. The van der Waals surface area contributed by atoms with Crippen molar-refractivity contribution in [3.63, 3.8) is 0 Å². The summed E-state index contributed by atoms with van der Waals surface area (Å²) in [5, 5.41) is 3.55. The number of nitrogens with one attached hydrogen (secondary N) is 1. The monoisotopic (exact) mass is 275 g/mol. The van der Waals surface area contributed by atoms with Gasteiger partial charge in [-0.05, 0) is 44.7 Å². The van der Waals surface area contributed by atoms with E-state index < -0.39 is 0 Å². The molecule has 3 atom stereocenters. The van der Waals surface area contributed by atoms with Crippen LogP contribution in [0.15, 0.2) is 18.2 Å². The van der Waals surface area contributed by atoms with Gasteiger partial charge in [0.05, 0.1) is 7.11 Å². The summed E-state index contributed by atoms with van der Waals surface area (Å²) in [6.07, 6.45) is 6.78. The Labute approximate surface area is 123 Å². The van der Waals surface area contributed by atoms with E-state index in [4.69, 9.17) is 4.74 Å². The molecule has 112 valence electrons. The molecule has 0 bridgehead atoms. The molecule has 1 aromatic carbocycles. The maximum absolute atomic E-state index is 5.59. The minimum atomic E-state index is 0.416. The van der Waals surface area contributed by atoms with Crippen molar-refractivity contribution in [1.29, 1.82) is 0 Å². The standard InChI is InChI=1S/C18H29NO/c1-5-14-7-6-8-15(12-14)18(19-3)16-11-13(2)9-10-17(16)20-4/h9-11,14-15,18-19H,5-8,12H2,1-4H3. The molecule has 2 rings (SSSR count). The maximum atomic E-state index is 5.59. The number of aryl methyl sites for hydroxylation is 1. The highest BCUT2D eigenvalue weighted by atomic mass is 16.5. The number of benzene rings is 1. The summed E-state index contributed by atoms with van der Waals surface area (Å²) in [6.45, 7) is 4.49.